The molecular formula is C20H31N5OS2. The number of carbonyl (C=O) groups is 1. The number of thiocarbonyl (C=S) groups is 1. The third-order valence-electron chi connectivity index (χ3n) is 4.30. The van der Waals surface area contributed by atoms with Gasteiger partial charge in [-0.05, 0) is 47.7 Å². The van der Waals surface area contributed by atoms with Crippen LogP contribution in [0.25, 0.3) is 0 Å². The first-order valence-corrected chi connectivity index (χ1v) is 11.0. The van der Waals surface area contributed by atoms with E-state index in [-0.39, 0.29) is 11.3 Å². The largest absolute Gasteiger partial charge is 0.378 e. The minimum Gasteiger partial charge on any atom is -0.378 e. The Morgan fingerprint density at radius 1 is 1.21 bits per heavy atom. The summed E-state index contributed by atoms with van der Waals surface area (Å²) in [6, 6.07) is 8.09. The van der Waals surface area contributed by atoms with Gasteiger partial charge in [-0.15, -0.1) is 0 Å². The first-order chi connectivity index (χ1) is 13.2. The number of piperazine rings is 1. The first-order valence-electron chi connectivity index (χ1n) is 9.58. The maximum absolute atomic E-state index is 12.4. The number of aliphatic imine (C=N–C) groups is 1. The van der Waals surface area contributed by atoms with Crippen molar-refractivity contribution in [3.63, 3.8) is 0 Å². The zero-order valence-electron chi connectivity index (χ0n) is 17.2. The van der Waals surface area contributed by atoms with Gasteiger partial charge in [-0.25, -0.2) is 0 Å². The summed E-state index contributed by atoms with van der Waals surface area (Å²) in [4.78, 5) is 20.8. The number of amidine groups is 1. The summed E-state index contributed by atoms with van der Waals surface area (Å²) in [5.74, 6) is 1.11. The summed E-state index contributed by atoms with van der Waals surface area (Å²) < 4.78 is 0. The van der Waals surface area contributed by atoms with Crippen LogP contribution in [0.5, 0.6) is 0 Å². The molecule has 0 aromatic heterocycles. The minimum atomic E-state index is 0.0293. The number of thioether (sulfide) groups is 1. The molecule has 3 N–H and O–H groups in total. The molecule has 6 nitrogen and oxygen atoms in total. The number of anilines is 2. The van der Waals surface area contributed by atoms with E-state index >= 15 is 0 Å². The highest BCUT2D eigenvalue weighted by Gasteiger charge is 2.24. The van der Waals surface area contributed by atoms with Gasteiger partial charge in [0.1, 0.15) is 0 Å². The van der Waals surface area contributed by atoms with Crippen molar-refractivity contribution < 1.29 is 4.79 Å². The fraction of sp³-hybridized carbons (Fsp3) is 0.550. The quantitative estimate of drug-likeness (QED) is 0.440. The Bertz CT molecular complexity index is 704. The Morgan fingerprint density at radius 2 is 1.82 bits per heavy atom. The van der Waals surface area contributed by atoms with Crippen molar-refractivity contribution in [3.8, 4) is 0 Å². The molecule has 0 spiro atoms. The molecule has 0 atom stereocenters. The van der Waals surface area contributed by atoms with Crippen molar-refractivity contribution in [1.82, 2.24) is 4.90 Å². The van der Waals surface area contributed by atoms with E-state index in [1.165, 1.54) is 11.8 Å². The molecule has 154 valence electrons. The zero-order valence-corrected chi connectivity index (χ0v) is 18.8. The number of nitrogens with two attached hydrogens (primary N) is 1. The molecule has 1 aromatic carbocycles. The van der Waals surface area contributed by atoms with Crippen LogP contribution in [0.2, 0.25) is 0 Å². The molecule has 0 saturated carbocycles. The van der Waals surface area contributed by atoms with Crippen LogP contribution in [-0.4, -0.2) is 53.0 Å². The summed E-state index contributed by atoms with van der Waals surface area (Å²) in [7, 11) is 0. The Balaban J connectivity index is 1.87. The van der Waals surface area contributed by atoms with Crippen LogP contribution in [0.4, 0.5) is 11.4 Å². The summed E-state index contributed by atoms with van der Waals surface area (Å²) in [5.41, 5.74) is 7.83. The topological polar surface area (TPSA) is 74.0 Å². The Morgan fingerprint density at radius 3 is 2.36 bits per heavy atom. The average Bonchev–Trinajstić information content (AvgIpc) is 2.61. The van der Waals surface area contributed by atoms with Gasteiger partial charge < -0.3 is 20.9 Å². The highest BCUT2D eigenvalue weighted by molar-refractivity contribution is 8.13. The van der Waals surface area contributed by atoms with E-state index in [4.69, 9.17) is 18.0 Å². The molecule has 1 saturated heterocycles. The van der Waals surface area contributed by atoms with E-state index in [0.717, 1.165) is 43.3 Å². The summed E-state index contributed by atoms with van der Waals surface area (Å²) in [6.07, 6.45) is 0.594. The van der Waals surface area contributed by atoms with Crippen LogP contribution in [-0.2, 0) is 4.79 Å². The van der Waals surface area contributed by atoms with Crippen LogP contribution >= 0.6 is 24.0 Å². The zero-order chi connectivity index (χ0) is 20.7. The fourth-order valence-corrected chi connectivity index (χ4v) is 3.69. The second kappa shape index (κ2) is 10.1. The van der Waals surface area contributed by atoms with Crippen molar-refractivity contribution >= 4 is 51.5 Å². The van der Waals surface area contributed by atoms with Crippen molar-refractivity contribution in [2.75, 3.05) is 42.1 Å². The van der Waals surface area contributed by atoms with Gasteiger partial charge >= 0.3 is 0 Å². The van der Waals surface area contributed by atoms with Crippen molar-refractivity contribution in [3.05, 3.63) is 24.3 Å². The van der Waals surface area contributed by atoms with E-state index in [1.54, 1.807) is 0 Å². The number of nitrogens with one attached hydrogen (secondary N) is 1. The van der Waals surface area contributed by atoms with E-state index in [0.29, 0.717) is 16.7 Å². The van der Waals surface area contributed by atoms with Gasteiger partial charge in [0.2, 0.25) is 5.91 Å². The Hall–Kier alpha value is -1.80. The normalized spacial score (nSPS) is 15.5. The highest BCUT2D eigenvalue weighted by Crippen LogP contribution is 2.23. The highest BCUT2D eigenvalue weighted by atomic mass is 32.2. The van der Waals surface area contributed by atoms with Crippen LogP contribution in [0.3, 0.4) is 0 Å². The third-order valence-corrected chi connectivity index (χ3v) is 5.17. The molecule has 28 heavy (non-hydrogen) atoms. The number of benzene rings is 1. The lowest BCUT2D eigenvalue weighted by Crippen LogP contribution is -2.49. The summed E-state index contributed by atoms with van der Waals surface area (Å²) in [6.45, 7) is 11.5. The van der Waals surface area contributed by atoms with Gasteiger partial charge in [0.15, 0.2) is 10.3 Å². The molecule has 1 fully saturated rings. The van der Waals surface area contributed by atoms with Gasteiger partial charge in [-0.1, -0.05) is 39.5 Å². The second-order valence-corrected chi connectivity index (χ2v) is 9.64. The summed E-state index contributed by atoms with van der Waals surface area (Å²) in [5, 5.41) is 3.91. The van der Waals surface area contributed by atoms with Crippen molar-refractivity contribution in [2.24, 2.45) is 16.1 Å². The number of nitrogens with zero attached hydrogens (tertiary/aromatic N) is 3. The monoisotopic (exact) mass is 421 g/mol. The number of hydrogen-bond donors (Lipinski definition) is 2. The fourth-order valence-electron chi connectivity index (χ4n) is 2.97. The molecule has 8 heteroatoms. The number of hydrogen-bond acceptors (Lipinski definition) is 4. The van der Waals surface area contributed by atoms with Crippen LogP contribution < -0.4 is 16.0 Å². The van der Waals surface area contributed by atoms with Gasteiger partial charge in [-0.2, -0.15) is 4.99 Å². The van der Waals surface area contributed by atoms with Gasteiger partial charge in [-0.3, -0.25) is 4.79 Å². The average molecular weight is 422 g/mol. The van der Waals surface area contributed by atoms with Gasteiger partial charge in [0.25, 0.3) is 0 Å². The molecule has 0 aliphatic carbocycles. The lowest BCUT2D eigenvalue weighted by molar-refractivity contribution is -0.133. The predicted octanol–water partition coefficient (Wildman–Crippen LogP) is 3.54. The smallest absolute Gasteiger partial charge is 0.223 e. The molecule has 0 bridgehead atoms. The second-order valence-electron chi connectivity index (χ2n) is 7.97. The van der Waals surface area contributed by atoms with Crippen LogP contribution in [0, 0.1) is 5.41 Å². The number of amides is 1. The summed E-state index contributed by atoms with van der Waals surface area (Å²) >= 11 is 6.68. The van der Waals surface area contributed by atoms with E-state index in [1.807, 2.05) is 24.0 Å². The van der Waals surface area contributed by atoms with Gasteiger partial charge in [0.05, 0.1) is 0 Å². The van der Waals surface area contributed by atoms with Crippen molar-refractivity contribution in [2.45, 2.75) is 34.1 Å². The molecule has 1 aliphatic heterocycles. The minimum absolute atomic E-state index is 0.0293. The molecule has 2 rings (SSSR count). The van der Waals surface area contributed by atoms with Crippen LogP contribution in [0.15, 0.2) is 29.3 Å². The SMILES string of the molecule is CCSC(N)=NC(=S)Nc1ccc(N2CCN(C(=O)CC(C)(C)C)CC2)cc1. The molecule has 1 heterocycles. The van der Waals surface area contributed by atoms with E-state index in [9.17, 15) is 4.79 Å². The van der Waals surface area contributed by atoms with E-state index < -0.39 is 0 Å². The maximum Gasteiger partial charge on any atom is 0.223 e. The number of carbonyl (C=O) groups excluding carboxylic acids is 1. The van der Waals surface area contributed by atoms with Crippen LogP contribution in [0.1, 0.15) is 34.1 Å². The Kier molecular flexibility index (Phi) is 8.12. The molecular weight excluding hydrogens is 390 g/mol. The lowest BCUT2D eigenvalue weighted by atomic mass is 9.91. The molecule has 0 unspecified atom stereocenters. The maximum atomic E-state index is 12.4. The molecule has 1 aromatic rings. The standard InChI is InChI=1S/C20H31N5OS2/c1-5-28-18(21)23-19(27)22-15-6-8-16(9-7-15)24-10-12-25(13-11-24)17(26)14-20(2,3)4/h6-9H,5,10-14H2,1-4H3,(H3,21,22,23,27). The molecule has 0 radical (unpaired) electrons. The van der Waals surface area contributed by atoms with Gasteiger partial charge in [0, 0.05) is 44.0 Å². The van der Waals surface area contributed by atoms with E-state index in [2.05, 4.69) is 48.1 Å². The molecule has 1 amide bonds. The third kappa shape index (κ3) is 7.31. The predicted molar refractivity (Wildman–Crippen MR) is 125 cm³/mol. The molecule has 1 aliphatic rings. The lowest BCUT2D eigenvalue weighted by Gasteiger charge is -2.37. The Labute approximate surface area is 177 Å². The first kappa shape index (κ1) is 22.5. The van der Waals surface area contributed by atoms with Crippen molar-refractivity contribution in [1.29, 1.82) is 0 Å². The number of rotatable bonds is 4.